The summed E-state index contributed by atoms with van der Waals surface area (Å²) in [4.78, 5) is 0. The van der Waals surface area contributed by atoms with Crippen LogP contribution >= 0.6 is 0 Å². The fourth-order valence-electron chi connectivity index (χ4n) is 1.29. The van der Waals surface area contributed by atoms with E-state index in [0.717, 1.165) is 12.8 Å². The minimum Gasteiger partial charge on any atom is -0.381 e. The summed E-state index contributed by atoms with van der Waals surface area (Å²) in [6.07, 6.45) is 8.04. The van der Waals surface area contributed by atoms with Gasteiger partial charge in [-0.05, 0) is 12.8 Å². The quantitative estimate of drug-likeness (QED) is 0.594. The predicted octanol–water partition coefficient (Wildman–Crippen LogP) is 2.86. The molecule has 0 amide bonds. The van der Waals surface area contributed by atoms with Gasteiger partial charge in [-0.3, -0.25) is 0 Å². The minimum atomic E-state index is -1.01. The standard InChI is InChI=1S/C12H18O/c1-5-9-11(10-6-2)12(13,7-3)8-4/h5-8,11,13H,1-4,9-10H2. The van der Waals surface area contributed by atoms with Crippen molar-refractivity contribution in [3.8, 4) is 0 Å². The molecule has 0 spiro atoms. The number of hydrogen-bond donors (Lipinski definition) is 1. The van der Waals surface area contributed by atoms with Gasteiger partial charge in [-0.2, -0.15) is 0 Å². The SMILES string of the molecule is C=CCC(CC=C)C(O)(C=C)C=C. The van der Waals surface area contributed by atoms with Crippen LogP contribution in [0.3, 0.4) is 0 Å². The molecule has 0 rings (SSSR count). The average molecular weight is 178 g/mol. The van der Waals surface area contributed by atoms with Crippen LogP contribution in [0.4, 0.5) is 0 Å². The van der Waals surface area contributed by atoms with Crippen LogP contribution in [0, 0.1) is 5.92 Å². The van der Waals surface area contributed by atoms with Crippen molar-refractivity contribution in [2.24, 2.45) is 5.92 Å². The molecule has 0 fully saturated rings. The van der Waals surface area contributed by atoms with Crippen LogP contribution in [0.5, 0.6) is 0 Å². The molecule has 0 aromatic heterocycles. The van der Waals surface area contributed by atoms with Gasteiger partial charge < -0.3 is 5.11 Å². The van der Waals surface area contributed by atoms with Gasteiger partial charge in [0, 0.05) is 5.92 Å². The largest absolute Gasteiger partial charge is 0.381 e. The Morgan fingerprint density at radius 1 is 1.00 bits per heavy atom. The van der Waals surface area contributed by atoms with Gasteiger partial charge in [-0.15, -0.1) is 13.2 Å². The monoisotopic (exact) mass is 178 g/mol. The third-order valence-corrected chi connectivity index (χ3v) is 2.21. The van der Waals surface area contributed by atoms with Gasteiger partial charge in [-0.25, -0.2) is 0 Å². The van der Waals surface area contributed by atoms with Crippen molar-refractivity contribution in [2.45, 2.75) is 18.4 Å². The molecule has 13 heavy (non-hydrogen) atoms. The molecular weight excluding hydrogens is 160 g/mol. The Balaban J connectivity index is 4.64. The Kier molecular flexibility index (Phi) is 5.09. The predicted molar refractivity (Wildman–Crippen MR) is 58.5 cm³/mol. The summed E-state index contributed by atoms with van der Waals surface area (Å²) in [5.74, 6) is 0.0394. The lowest BCUT2D eigenvalue weighted by molar-refractivity contribution is 0.0779. The molecule has 0 atom stereocenters. The second-order valence-corrected chi connectivity index (χ2v) is 3.04. The molecule has 0 radical (unpaired) electrons. The second-order valence-electron chi connectivity index (χ2n) is 3.04. The van der Waals surface area contributed by atoms with Crippen molar-refractivity contribution in [3.05, 3.63) is 50.6 Å². The van der Waals surface area contributed by atoms with E-state index in [0.29, 0.717) is 0 Å². The van der Waals surface area contributed by atoms with E-state index in [9.17, 15) is 5.11 Å². The van der Waals surface area contributed by atoms with Gasteiger partial charge >= 0.3 is 0 Å². The molecule has 1 N–H and O–H groups in total. The lowest BCUT2D eigenvalue weighted by atomic mass is 9.82. The summed E-state index contributed by atoms with van der Waals surface area (Å²) < 4.78 is 0. The summed E-state index contributed by atoms with van der Waals surface area (Å²) in [6.45, 7) is 14.5. The highest BCUT2D eigenvalue weighted by atomic mass is 16.3. The molecule has 0 aliphatic rings. The third kappa shape index (κ3) is 3.03. The number of rotatable bonds is 7. The molecule has 0 heterocycles. The summed E-state index contributed by atoms with van der Waals surface area (Å²) in [7, 11) is 0. The van der Waals surface area contributed by atoms with Crippen LogP contribution in [-0.2, 0) is 0 Å². The van der Waals surface area contributed by atoms with Crippen LogP contribution < -0.4 is 0 Å². The molecule has 72 valence electrons. The highest BCUT2D eigenvalue weighted by molar-refractivity contribution is 5.13. The van der Waals surface area contributed by atoms with E-state index in [2.05, 4.69) is 26.3 Å². The summed E-state index contributed by atoms with van der Waals surface area (Å²) in [5, 5.41) is 10.0. The van der Waals surface area contributed by atoms with Gasteiger partial charge in [-0.1, -0.05) is 37.5 Å². The van der Waals surface area contributed by atoms with Gasteiger partial charge in [0.05, 0.1) is 0 Å². The fraction of sp³-hybridized carbons (Fsp3) is 0.333. The number of hydrogen-bond acceptors (Lipinski definition) is 1. The Morgan fingerprint density at radius 2 is 1.38 bits per heavy atom. The zero-order valence-corrected chi connectivity index (χ0v) is 8.08. The lowest BCUT2D eigenvalue weighted by Gasteiger charge is -2.29. The van der Waals surface area contributed by atoms with Crippen LogP contribution in [0.15, 0.2) is 50.6 Å². The Labute approximate surface area is 80.8 Å². The van der Waals surface area contributed by atoms with Gasteiger partial charge in [0.25, 0.3) is 0 Å². The van der Waals surface area contributed by atoms with Gasteiger partial charge in [0.2, 0.25) is 0 Å². The Bertz CT molecular complexity index is 185. The highest BCUT2D eigenvalue weighted by Crippen LogP contribution is 2.27. The first kappa shape index (κ1) is 11.9. The van der Waals surface area contributed by atoms with E-state index in [4.69, 9.17) is 0 Å². The van der Waals surface area contributed by atoms with E-state index in [1.807, 2.05) is 0 Å². The summed E-state index contributed by atoms with van der Waals surface area (Å²) in [6, 6.07) is 0. The Hall–Kier alpha value is -1.08. The van der Waals surface area contributed by atoms with Crippen LogP contribution in [0.1, 0.15) is 12.8 Å². The zero-order chi connectivity index (χ0) is 10.3. The molecule has 1 nitrogen and oxygen atoms in total. The molecule has 0 aromatic rings. The first-order valence-corrected chi connectivity index (χ1v) is 4.36. The first-order chi connectivity index (χ1) is 6.14. The Morgan fingerprint density at radius 3 is 1.62 bits per heavy atom. The van der Waals surface area contributed by atoms with Crippen LogP contribution in [-0.4, -0.2) is 10.7 Å². The van der Waals surface area contributed by atoms with E-state index in [-0.39, 0.29) is 5.92 Å². The lowest BCUT2D eigenvalue weighted by Crippen LogP contribution is -2.32. The molecular formula is C12H18O. The van der Waals surface area contributed by atoms with Crippen molar-refractivity contribution in [1.29, 1.82) is 0 Å². The molecule has 0 saturated heterocycles. The summed E-state index contributed by atoms with van der Waals surface area (Å²) in [5.41, 5.74) is -1.01. The maximum absolute atomic E-state index is 10.0. The third-order valence-electron chi connectivity index (χ3n) is 2.21. The maximum atomic E-state index is 10.0. The van der Waals surface area contributed by atoms with Gasteiger partial charge in [0.15, 0.2) is 0 Å². The summed E-state index contributed by atoms with van der Waals surface area (Å²) >= 11 is 0. The molecule has 1 heteroatoms. The van der Waals surface area contributed by atoms with Crippen molar-refractivity contribution < 1.29 is 5.11 Å². The van der Waals surface area contributed by atoms with Gasteiger partial charge in [0.1, 0.15) is 5.60 Å². The zero-order valence-electron chi connectivity index (χ0n) is 8.08. The van der Waals surface area contributed by atoms with Crippen molar-refractivity contribution in [2.75, 3.05) is 0 Å². The van der Waals surface area contributed by atoms with Crippen molar-refractivity contribution in [3.63, 3.8) is 0 Å². The van der Waals surface area contributed by atoms with Crippen LogP contribution in [0.25, 0.3) is 0 Å². The maximum Gasteiger partial charge on any atom is 0.104 e. The van der Waals surface area contributed by atoms with Crippen LogP contribution in [0.2, 0.25) is 0 Å². The fourth-order valence-corrected chi connectivity index (χ4v) is 1.29. The van der Waals surface area contributed by atoms with Crippen molar-refractivity contribution >= 4 is 0 Å². The second kappa shape index (κ2) is 5.55. The number of aliphatic hydroxyl groups is 1. The molecule has 0 aliphatic carbocycles. The minimum absolute atomic E-state index is 0.0394. The molecule has 0 aliphatic heterocycles. The molecule has 0 unspecified atom stereocenters. The van der Waals surface area contributed by atoms with E-state index in [1.54, 1.807) is 12.2 Å². The topological polar surface area (TPSA) is 20.2 Å². The normalized spacial score (nSPS) is 10.9. The van der Waals surface area contributed by atoms with E-state index < -0.39 is 5.60 Å². The number of allylic oxidation sites excluding steroid dienone is 2. The van der Waals surface area contributed by atoms with E-state index in [1.165, 1.54) is 12.2 Å². The van der Waals surface area contributed by atoms with E-state index >= 15 is 0 Å². The highest BCUT2D eigenvalue weighted by Gasteiger charge is 2.28. The van der Waals surface area contributed by atoms with Crippen molar-refractivity contribution in [1.82, 2.24) is 0 Å². The first-order valence-electron chi connectivity index (χ1n) is 4.36. The molecule has 0 aromatic carbocycles. The smallest absolute Gasteiger partial charge is 0.104 e. The average Bonchev–Trinajstić information content (AvgIpc) is 2.16. The molecule has 0 bridgehead atoms. The molecule has 0 saturated carbocycles.